The van der Waals surface area contributed by atoms with E-state index in [1.54, 1.807) is 6.07 Å². The van der Waals surface area contributed by atoms with E-state index in [2.05, 4.69) is 89.6 Å². The summed E-state index contributed by atoms with van der Waals surface area (Å²) in [5, 5.41) is 25.7. The fourth-order valence-corrected chi connectivity index (χ4v) is 5.64. The Balaban J connectivity index is 1.50. The van der Waals surface area contributed by atoms with Crippen molar-refractivity contribution in [2.45, 2.75) is 34.1 Å². The third kappa shape index (κ3) is 3.69. The summed E-state index contributed by atoms with van der Waals surface area (Å²) in [5.74, 6) is 0.342. The Hall–Kier alpha value is -3.81. The maximum atomic E-state index is 11.6. The average Bonchev–Trinajstić information content (AvgIpc) is 3.34. The Morgan fingerprint density at radius 2 is 1.82 bits per heavy atom. The van der Waals surface area contributed by atoms with Gasteiger partial charge in [0, 0.05) is 47.3 Å². The van der Waals surface area contributed by atoms with Crippen LogP contribution in [0.25, 0.3) is 17.0 Å². The summed E-state index contributed by atoms with van der Waals surface area (Å²) in [6.45, 7) is 10.5. The Kier molecular flexibility index (Phi) is 5.11. The van der Waals surface area contributed by atoms with E-state index in [0.29, 0.717) is 17.9 Å². The summed E-state index contributed by atoms with van der Waals surface area (Å²) in [6, 6.07) is 13.8. The number of benzene rings is 2. The number of nitro groups is 1. The van der Waals surface area contributed by atoms with Crippen LogP contribution in [0.1, 0.15) is 38.3 Å². The highest BCUT2D eigenvalue weighted by Crippen LogP contribution is 2.55. The van der Waals surface area contributed by atoms with E-state index in [0.717, 1.165) is 18.7 Å². The fraction of sp³-hybridized carbons (Fsp3) is 0.346. The van der Waals surface area contributed by atoms with Crippen molar-refractivity contribution in [2.24, 2.45) is 10.8 Å². The van der Waals surface area contributed by atoms with Crippen molar-refractivity contribution in [2.75, 3.05) is 18.0 Å². The normalized spacial score (nSPS) is 21.5. The van der Waals surface area contributed by atoms with Gasteiger partial charge >= 0.3 is 0 Å². The van der Waals surface area contributed by atoms with Crippen LogP contribution in [0.3, 0.4) is 0 Å². The number of hydrogen-bond donors (Lipinski definition) is 1. The predicted molar refractivity (Wildman–Crippen MR) is 132 cm³/mol. The van der Waals surface area contributed by atoms with Gasteiger partial charge in [0.05, 0.1) is 4.92 Å². The Morgan fingerprint density at radius 3 is 2.50 bits per heavy atom. The molecule has 1 atom stereocenters. The molecule has 1 N–H and O–H groups in total. The smallest absolute Gasteiger partial charge is 0.272 e. The average molecular weight is 457 g/mol. The molecule has 1 aromatic heterocycles. The second kappa shape index (κ2) is 7.90. The Bertz CT molecular complexity index is 1310. The van der Waals surface area contributed by atoms with Gasteiger partial charge in [0.2, 0.25) is 5.82 Å². The largest absolute Gasteiger partial charge is 0.367 e. The molecule has 0 bridgehead atoms. The van der Waals surface area contributed by atoms with Crippen LogP contribution in [0.4, 0.5) is 11.4 Å². The number of anilines is 1. The molecule has 2 aromatic carbocycles. The van der Waals surface area contributed by atoms with Crippen LogP contribution in [-0.4, -0.2) is 38.6 Å². The minimum Gasteiger partial charge on any atom is -0.367 e. The molecule has 0 unspecified atom stereocenters. The molecule has 0 saturated carbocycles. The number of nitrogens with zero attached hydrogens (tertiary/aromatic N) is 5. The summed E-state index contributed by atoms with van der Waals surface area (Å²) in [7, 11) is 0. The molecule has 0 fully saturated rings. The number of H-pyrrole nitrogens is 1. The van der Waals surface area contributed by atoms with Crippen LogP contribution in [0.5, 0.6) is 0 Å². The molecule has 8 nitrogen and oxygen atoms in total. The number of non-ortho nitro benzene ring substituents is 1. The number of rotatable bonds is 4. The van der Waals surface area contributed by atoms with Gasteiger partial charge in [-0.25, -0.2) is 0 Å². The monoisotopic (exact) mass is 456 g/mol. The first-order chi connectivity index (χ1) is 16.2. The molecule has 2 heterocycles. The third-order valence-corrected chi connectivity index (χ3v) is 7.25. The highest BCUT2D eigenvalue weighted by atomic mass is 16.6. The third-order valence-electron chi connectivity index (χ3n) is 7.25. The molecule has 8 heteroatoms. The first kappa shape index (κ1) is 22.0. The van der Waals surface area contributed by atoms with Crippen LogP contribution in [0.15, 0.2) is 60.2 Å². The van der Waals surface area contributed by atoms with E-state index < -0.39 is 0 Å². The number of nitrogens with one attached hydrogen (secondary N) is 1. The van der Waals surface area contributed by atoms with Crippen LogP contribution in [0, 0.1) is 27.9 Å². The maximum absolute atomic E-state index is 11.6. The minimum absolute atomic E-state index is 0.0164. The van der Waals surface area contributed by atoms with Crippen LogP contribution in [0.2, 0.25) is 0 Å². The first-order valence-corrected chi connectivity index (χ1v) is 11.4. The number of allylic oxidation sites excluding steroid dienone is 2. The molecule has 34 heavy (non-hydrogen) atoms. The zero-order valence-electron chi connectivity index (χ0n) is 19.9. The van der Waals surface area contributed by atoms with Gasteiger partial charge < -0.3 is 4.90 Å². The number of nitro benzene ring substituents is 1. The first-order valence-electron chi connectivity index (χ1n) is 11.4. The molecule has 0 radical (unpaired) electrons. The number of hydrogen-bond acceptors (Lipinski definition) is 6. The molecule has 5 rings (SSSR count). The van der Waals surface area contributed by atoms with Crippen molar-refractivity contribution >= 4 is 16.9 Å². The lowest BCUT2D eigenvalue weighted by atomic mass is 9.58. The Labute approximate surface area is 198 Å². The number of fused-ring (bicyclic) bond motifs is 1. The molecule has 2 aliphatic rings. The topological polar surface area (TPSA) is 101 Å². The molecule has 0 amide bonds. The van der Waals surface area contributed by atoms with Crippen molar-refractivity contribution < 1.29 is 4.92 Å². The van der Waals surface area contributed by atoms with E-state index in [9.17, 15) is 10.1 Å². The lowest BCUT2D eigenvalue weighted by Gasteiger charge is -2.51. The second-order valence-electron chi connectivity index (χ2n) is 10.1. The van der Waals surface area contributed by atoms with Crippen LogP contribution < -0.4 is 4.90 Å². The molecular weight excluding hydrogens is 428 g/mol. The summed E-state index contributed by atoms with van der Waals surface area (Å²) in [4.78, 5) is 13.5. The predicted octanol–water partition coefficient (Wildman–Crippen LogP) is 5.35. The quantitative estimate of drug-likeness (QED) is 0.323. The summed E-state index contributed by atoms with van der Waals surface area (Å²) in [6.07, 6.45) is 5.61. The standard InChI is InChI=1S/C26H28N6O2/c1-17-5-7-18(8-6-17)22-9-11-26(4)16-31(12-10-23(26)25(22,2)3)20-13-19(24-27-29-30-28-24)14-21(15-20)32(33)34/h5-10,13-15H,11-12,16H2,1-4H3,(H,27,28,29,30)/t26-/m1/s1. The number of tetrazole rings is 1. The molecule has 1 aliphatic heterocycles. The van der Waals surface area contributed by atoms with Gasteiger partial charge in [0.1, 0.15) is 0 Å². The van der Waals surface area contributed by atoms with Crippen molar-refractivity contribution in [3.63, 3.8) is 0 Å². The van der Waals surface area contributed by atoms with Gasteiger partial charge in [-0.2, -0.15) is 5.21 Å². The maximum Gasteiger partial charge on any atom is 0.272 e. The molecule has 3 aromatic rings. The molecule has 174 valence electrons. The van der Waals surface area contributed by atoms with E-state index in [-0.39, 0.29) is 21.4 Å². The minimum atomic E-state index is -0.375. The number of aromatic nitrogens is 4. The number of aryl methyl sites for hydroxylation is 1. The lowest BCUT2D eigenvalue weighted by Crippen LogP contribution is -2.47. The highest BCUT2D eigenvalue weighted by Gasteiger charge is 2.45. The number of aromatic amines is 1. The van der Waals surface area contributed by atoms with Gasteiger partial charge in [-0.15, -0.1) is 10.2 Å². The van der Waals surface area contributed by atoms with Crippen molar-refractivity contribution in [3.05, 3.63) is 81.4 Å². The molecule has 0 spiro atoms. The van der Waals surface area contributed by atoms with E-state index in [1.807, 2.05) is 6.07 Å². The van der Waals surface area contributed by atoms with Crippen LogP contribution >= 0.6 is 0 Å². The van der Waals surface area contributed by atoms with Gasteiger partial charge in [-0.3, -0.25) is 10.1 Å². The van der Waals surface area contributed by atoms with Gasteiger partial charge in [-0.05, 0) is 35.8 Å². The molecular formula is C26H28N6O2. The van der Waals surface area contributed by atoms with Gasteiger partial charge in [0.15, 0.2) is 0 Å². The van der Waals surface area contributed by atoms with E-state index in [1.165, 1.54) is 28.3 Å². The molecule has 0 saturated heterocycles. The zero-order valence-corrected chi connectivity index (χ0v) is 19.9. The van der Waals surface area contributed by atoms with Gasteiger partial charge in [0.25, 0.3) is 5.69 Å². The van der Waals surface area contributed by atoms with Crippen molar-refractivity contribution in [1.82, 2.24) is 20.6 Å². The van der Waals surface area contributed by atoms with E-state index >= 15 is 0 Å². The van der Waals surface area contributed by atoms with Gasteiger partial charge in [-0.1, -0.05) is 68.3 Å². The zero-order chi connectivity index (χ0) is 24.1. The van der Waals surface area contributed by atoms with Crippen molar-refractivity contribution in [3.8, 4) is 11.4 Å². The summed E-state index contributed by atoms with van der Waals surface area (Å²) >= 11 is 0. The highest BCUT2D eigenvalue weighted by molar-refractivity contribution is 5.76. The summed E-state index contributed by atoms with van der Waals surface area (Å²) in [5.41, 5.74) is 6.51. The second-order valence-corrected chi connectivity index (χ2v) is 10.1. The SMILES string of the molecule is Cc1ccc(C2=CC[C@]3(C)CN(c4cc(-c5nn[nH]n5)cc([N+](=O)[O-])c4)CC=C3C2(C)C)cc1. The van der Waals surface area contributed by atoms with E-state index in [4.69, 9.17) is 0 Å². The lowest BCUT2D eigenvalue weighted by molar-refractivity contribution is -0.384. The molecule has 1 aliphatic carbocycles. The van der Waals surface area contributed by atoms with Crippen LogP contribution in [-0.2, 0) is 0 Å². The van der Waals surface area contributed by atoms with Crippen molar-refractivity contribution in [1.29, 1.82) is 0 Å². The Morgan fingerprint density at radius 1 is 1.06 bits per heavy atom. The fourth-order valence-electron chi connectivity index (χ4n) is 5.64. The summed E-state index contributed by atoms with van der Waals surface area (Å²) < 4.78 is 0.